The van der Waals surface area contributed by atoms with Crippen molar-refractivity contribution < 1.29 is 26.8 Å². The normalized spacial score (nSPS) is 15.7. The number of oxazole rings is 2. The minimum absolute atomic E-state index is 0.0549. The Morgan fingerprint density at radius 2 is 2.06 bits per heavy atom. The number of hydrogen-bond acceptors (Lipinski definition) is 8. The second-order valence-corrected chi connectivity index (χ2v) is 7.71. The van der Waals surface area contributed by atoms with E-state index in [1.165, 1.54) is 48.0 Å². The smallest absolute Gasteiger partial charge is 0.292 e. The van der Waals surface area contributed by atoms with Gasteiger partial charge in [0, 0.05) is 37.1 Å². The van der Waals surface area contributed by atoms with Crippen molar-refractivity contribution in [2.75, 3.05) is 6.54 Å². The van der Waals surface area contributed by atoms with Crippen LogP contribution in [0.5, 0.6) is 0 Å². The van der Waals surface area contributed by atoms with Crippen LogP contribution in [0.4, 0.5) is 13.2 Å². The van der Waals surface area contributed by atoms with Crippen molar-refractivity contribution in [2.24, 2.45) is 0 Å². The van der Waals surface area contributed by atoms with E-state index < -0.39 is 35.6 Å². The molecule has 1 aliphatic rings. The SMILES string of the molecule is O=C(c1oc(-c2cnccn2)nc1C(F)F)N1CCc2[nH]cnc2[C@H]1c1nc2cc(F)ccc2o1. The second kappa shape index (κ2) is 8.04. The van der Waals surface area contributed by atoms with E-state index in [0.717, 1.165) is 5.69 Å². The maximum atomic E-state index is 13.9. The molecule has 1 aromatic carbocycles. The predicted octanol–water partition coefficient (Wildman–Crippen LogP) is 3.86. The third-order valence-electron chi connectivity index (χ3n) is 5.62. The van der Waals surface area contributed by atoms with Crippen molar-refractivity contribution in [2.45, 2.75) is 18.9 Å². The number of nitrogens with zero attached hydrogens (tertiary/aromatic N) is 6. The number of aromatic amines is 1. The van der Waals surface area contributed by atoms with Crippen LogP contribution in [-0.4, -0.2) is 47.3 Å². The van der Waals surface area contributed by atoms with Crippen LogP contribution in [-0.2, 0) is 6.42 Å². The number of amides is 1. The first-order valence-corrected chi connectivity index (χ1v) is 10.4. The van der Waals surface area contributed by atoms with E-state index >= 15 is 0 Å². The zero-order valence-electron chi connectivity index (χ0n) is 17.7. The summed E-state index contributed by atoms with van der Waals surface area (Å²) >= 11 is 0. The maximum absolute atomic E-state index is 13.9. The lowest BCUT2D eigenvalue weighted by atomic mass is 10.0. The molecule has 1 amide bonds. The highest BCUT2D eigenvalue weighted by Crippen LogP contribution is 2.37. The average molecular weight is 481 g/mol. The molecule has 5 aromatic rings. The number of benzene rings is 1. The highest BCUT2D eigenvalue weighted by molar-refractivity contribution is 5.93. The van der Waals surface area contributed by atoms with Gasteiger partial charge in [0.25, 0.3) is 12.3 Å². The Morgan fingerprint density at radius 1 is 1.17 bits per heavy atom. The molecular formula is C22H14F3N7O3. The number of fused-ring (bicyclic) bond motifs is 2. The number of carbonyl (C=O) groups is 1. The number of alkyl halides is 2. The first-order valence-electron chi connectivity index (χ1n) is 10.4. The first kappa shape index (κ1) is 21.0. The summed E-state index contributed by atoms with van der Waals surface area (Å²) in [6.07, 6.45) is 2.78. The van der Waals surface area contributed by atoms with Gasteiger partial charge in [0.2, 0.25) is 17.5 Å². The molecule has 0 bridgehead atoms. The van der Waals surface area contributed by atoms with Gasteiger partial charge < -0.3 is 18.7 Å². The lowest BCUT2D eigenvalue weighted by Gasteiger charge is -2.32. The van der Waals surface area contributed by atoms with Gasteiger partial charge in [-0.05, 0) is 12.1 Å². The van der Waals surface area contributed by atoms with E-state index in [1.54, 1.807) is 0 Å². The number of carbonyl (C=O) groups excluding carboxylic acids is 1. The van der Waals surface area contributed by atoms with Crippen LogP contribution in [0.3, 0.4) is 0 Å². The van der Waals surface area contributed by atoms with E-state index in [2.05, 4.69) is 29.9 Å². The molecule has 176 valence electrons. The Labute approximate surface area is 193 Å². The van der Waals surface area contributed by atoms with Gasteiger partial charge in [-0.1, -0.05) is 0 Å². The molecule has 0 saturated heterocycles. The molecule has 35 heavy (non-hydrogen) atoms. The molecule has 1 N–H and O–H groups in total. The Hall–Kier alpha value is -4.55. The molecule has 1 atom stereocenters. The summed E-state index contributed by atoms with van der Waals surface area (Å²) < 4.78 is 52.7. The Morgan fingerprint density at radius 3 is 2.86 bits per heavy atom. The lowest BCUT2D eigenvalue weighted by molar-refractivity contribution is 0.0621. The molecule has 0 spiro atoms. The van der Waals surface area contributed by atoms with E-state index in [4.69, 9.17) is 8.83 Å². The molecule has 0 saturated carbocycles. The van der Waals surface area contributed by atoms with Crippen molar-refractivity contribution in [1.82, 2.24) is 34.8 Å². The fourth-order valence-corrected chi connectivity index (χ4v) is 4.06. The van der Waals surface area contributed by atoms with Crippen molar-refractivity contribution >= 4 is 17.0 Å². The molecular weight excluding hydrogens is 467 g/mol. The average Bonchev–Trinajstić information content (AvgIpc) is 3.61. The monoisotopic (exact) mass is 481 g/mol. The number of H-pyrrole nitrogens is 1. The first-order chi connectivity index (χ1) is 17.0. The third kappa shape index (κ3) is 3.52. The van der Waals surface area contributed by atoms with E-state index in [9.17, 15) is 18.0 Å². The lowest BCUT2D eigenvalue weighted by Crippen LogP contribution is -2.41. The number of aromatic nitrogens is 6. The molecule has 10 nitrogen and oxygen atoms in total. The fraction of sp³-hybridized carbons (Fsp3) is 0.182. The van der Waals surface area contributed by atoms with E-state index in [1.807, 2.05) is 0 Å². The Kier molecular flexibility index (Phi) is 4.83. The molecule has 5 heterocycles. The summed E-state index contributed by atoms with van der Waals surface area (Å²) in [7, 11) is 0. The van der Waals surface area contributed by atoms with Gasteiger partial charge in [-0.15, -0.1) is 0 Å². The minimum Gasteiger partial charge on any atom is -0.438 e. The highest BCUT2D eigenvalue weighted by atomic mass is 19.3. The minimum atomic E-state index is -3.08. The standard InChI is InChI=1S/C22H14F3N7O3/c23-10-1-2-14-12(7-10)30-21(34-14)17-15-11(28-9-29-15)3-6-32(17)22(33)18-16(19(24)25)31-20(35-18)13-8-26-4-5-27-13/h1-2,4-5,7-9,17,19H,3,6H2,(H,28,29)/t17-/m0/s1. The highest BCUT2D eigenvalue weighted by Gasteiger charge is 2.41. The van der Waals surface area contributed by atoms with Crippen molar-refractivity contribution in [1.29, 1.82) is 0 Å². The van der Waals surface area contributed by atoms with Crippen LogP contribution < -0.4 is 0 Å². The molecule has 13 heteroatoms. The van der Waals surface area contributed by atoms with Gasteiger partial charge >= 0.3 is 0 Å². The zero-order valence-corrected chi connectivity index (χ0v) is 17.7. The Bertz CT molecular complexity index is 1550. The van der Waals surface area contributed by atoms with Gasteiger partial charge in [0.15, 0.2) is 17.3 Å². The molecule has 0 fully saturated rings. The summed E-state index contributed by atoms with van der Waals surface area (Å²) in [6.45, 7) is 0.121. The van der Waals surface area contributed by atoms with Crippen LogP contribution in [0.25, 0.3) is 22.7 Å². The predicted molar refractivity (Wildman–Crippen MR) is 112 cm³/mol. The van der Waals surface area contributed by atoms with Crippen LogP contribution in [0.2, 0.25) is 0 Å². The molecule has 1 aliphatic heterocycles. The van der Waals surface area contributed by atoms with Crippen LogP contribution >= 0.6 is 0 Å². The summed E-state index contributed by atoms with van der Waals surface area (Å²) in [5.74, 6) is -2.20. The van der Waals surface area contributed by atoms with Crippen molar-refractivity contribution in [3.8, 4) is 11.6 Å². The molecule has 0 unspecified atom stereocenters. The maximum Gasteiger partial charge on any atom is 0.292 e. The third-order valence-corrected chi connectivity index (χ3v) is 5.62. The quantitative estimate of drug-likeness (QED) is 0.410. The van der Waals surface area contributed by atoms with Gasteiger partial charge in [-0.2, -0.15) is 0 Å². The van der Waals surface area contributed by atoms with Gasteiger partial charge in [-0.3, -0.25) is 9.78 Å². The van der Waals surface area contributed by atoms with E-state index in [0.29, 0.717) is 17.7 Å². The zero-order chi connectivity index (χ0) is 24.1. The topological polar surface area (TPSA) is 127 Å². The number of hydrogen-bond donors (Lipinski definition) is 1. The second-order valence-electron chi connectivity index (χ2n) is 7.71. The van der Waals surface area contributed by atoms with Crippen LogP contribution in [0.15, 0.2) is 52.0 Å². The molecule has 0 aliphatic carbocycles. The summed E-state index contributed by atoms with van der Waals surface area (Å²) in [5, 5.41) is 0. The van der Waals surface area contributed by atoms with Gasteiger partial charge in [0.05, 0.1) is 18.2 Å². The molecule has 4 aromatic heterocycles. The van der Waals surface area contributed by atoms with Gasteiger partial charge in [0.1, 0.15) is 17.0 Å². The largest absolute Gasteiger partial charge is 0.438 e. The summed E-state index contributed by atoms with van der Waals surface area (Å²) in [4.78, 5) is 38.2. The summed E-state index contributed by atoms with van der Waals surface area (Å²) in [6, 6.07) is 2.86. The molecule has 6 rings (SSSR count). The van der Waals surface area contributed by atoms with Crippen LogP contribution in [0, 0.1) is 5.82 Å². The van der Waals surface area contributed by atoms with Crippen LogP contribution in [0.1, 0.15) is 46.0 Å². The van der Waals surface area contributed by atoms with Crippen molar-refractivity contribution in [3.05, 3.63) is 77.7 Å². The van der Waals surface area contributed by atoms with Crippen molar-refractivity contribution in [3.63, 3.8) is 0 Å². The van der Waals surface area contributed by atoms with Gasteiger partial charge in [-0.25, -0.2) is 33.1 Å². The van der Waals surface area contributed by atoms with E-state index in [-0.39, 0.29) is 29.5 Å². The number of rotatable bonds is 4. The molecule has 0 radical (unpaired) electrons. The summed E-state index contributed by atoms with van der Waals surface area (Å²) in [5.41, 5.74) is 0.992. The number of imidazole rings is 1. The fourth-order valence-electron chi connectivity index (χ4n) is 4.06. The number of nitrogens with one attached hydrogen (secondary N) is 1. The Balaban J connectivity index is 1.45. The number of halogens is 3.